The number of hydrogen-bond donors (Lipinski definition) is 0. The van der Waals surface area contributed by atoms with Gasteiger partial charge in [-0.15, -0.1) is 0 Å². The van der Waals surface area contributed by atoms with Crippen molar-refractivity contribution in [3.63, 3.8) is 0 Å². The van der Waals surface area contributed by atoms with Crippen molar-refractivity contribution >= 4 is 10.9 Å². The molecule has 1 aliphatic rings. The predicted molar refractivity (Wildman–Crippen MR) is 80.4 cm³/mol. The quantitative estimate of drug-likeness (QED) is 0.835. The lowest BCUT2D eigenvalue weighted by atomic mass is 9.90. The average Bonchev–Trinajstić information content (AvgIpc) is 2.53. The Balaban J connectivity index is 1.79. The van der Waals surface area contributed by atoms with Crippen LogP contribution in [0.1, 0.15) is 32.1 Å². The minimum atomic E-state index is 0.706. The summed E-state index contributed by atoms with van der Waals surface area (Å²) in [5, 5.41) is 1.03. The molecule has 0 N–H and O–H groups in total. The minimum Gasteiger partial charge on any atom is -0.497 e. The van der Waals surface area contributed by atoms with Crippen molar-refractivity contribution in [2.45, 2.75) is 32.1 Å². The Hall–Kier alpha value is -1.77. The molecule has 1 heterocycles. The van der Waals surface area contributed by atoms with Gasteiger partial charge in [-0.25, -0.2) is 0 Å². The average molecular weight is 271 g/mol. The molecule has 0 spiro atoms. The van der Waals surface area contributed by atoms with Gasteiger partial charge in [0.15, 0.2) is 0 Å². The van der Waals surface area contributed by atoms with Crippen LogP contribution in [0.4, 0.5) is 0 Å². The lowest BCUT2D eigenvalue weighted by molar-refractivity contribution is 0.210. The first-order valence-electron chi connectivity index (χ1n) is 7.42. The Kier molecular flexibility index (Phi) is 4.05. The fourth-order valence-electron chi connectivity index (χ4n) is 2.91. The SMILES string of the molecule is COc1ccc2nccc(OCC3CCCCC3)c2c1. The fourth-order valence-corrected chi connectivity index (χ4v) is 2.91. The number of hydrogen-bond acceptors (Lipinski definition) is 3. The first kappa shape index (κ1) is 13.2. The van der Waals surface area contributed by atoms with Crippen LogP contribution in [0.25, 0.3) is 10.9 Å². The number of aromatic nitrogens is 1. The molecule has 0 saturated heterocycles. The van der Waals surface area contributed by atoms with Crippen LogP contribution in [-0.4, -0.2) is 18.7 Å². The third-order valence-electron chi connectivity index (χ3n) is 4.11. The highest BCUT2D eigenvalue weighted by Crippen LogP contribution is 2.29. The van der Waals surface area contributed by atoms with E-state index in [9.17, 15) is 0 Å². The molecule has 3 heteroatoms. The van der Waals surface area contributed by atoms with E-state index in [1.54, 1.807) is 7.11 Å². The Morgan fingerprint density at radius 1 is 1.15 bits per heavy atom. The molecule has 0 radical (unpaired) electrons. The maximum absolute atomic E-state index is 6.06. The van der Waals surface area contributed by atoms with Crippen LogP contribution in [0.2, 0.25) is 0 Å². The zero-order chi connectivity index (χ0) is 13.8. The normalized spacial score (nSPS) is 16.2. The first-order chi connectivity index (χ1) is 9.86. The summed E-state index contributed by atoms with van der Waals surface area (Å²) in [5.74, 6) is 2.46. The molecular weight excluding hydrogens is 250 g/mol. The van der Waals surface area contributed by atoms with E-state index < -0.39 is 0 Å². The molecule has 0 bridgehead atoms. The third-order valence-corrected chi connectivity index (χ3v) is 4.11. The van der Waals surface area contributed by atoms with E-state index in [0.717, 1.165) is 29.0 Å². The molecule has 0 aliphatic heterocycles. The van der Waals surface area contributed by atoms with Crippen LogP contribution >= 0.6 is 0 Å². The number of pyridine rings is 1. The van der Waals surface area contributed by atoms with E-state index >= 15 is 0 Å². The predicted octanol–water partition coefficient (Wildman–Crippen LogP) is 4.20. The van der Waals surface area contributed by atoms with Crippen LogP contribution < -0.4 is 9.47 Å². The van der Waals surface area contributed by atoms with E-state index in [1.807, 2.05) is 30.5 Å². The zero-order valence-electron chi connectivity index (χ0n) is 12.0. The van der Waals surface area contributed by atoms with E-state index in [1.165, 1.54) is 32.1 Å². The summed E-state index contributed by atoms with van der Waals surface area (Å²) < 4.78 is 11.4. The topological polar surface area (TPSA) is 31.4 Å². The van der Waals surface area contributed by atoms with Gasteiger partial charge in [0, 0.05) is 11.6 Å². The summed E-state index contributed by atoms with van der Waals surface area (Å²) in [6.45, 7) is 0.816. The van der Waals surface area contributed by atoms with Gasteiger partial charge in [-0.05, 0) is 43.0 Å². The van der Waals surface area contributed by atoms with Crippen molar-refractivity contribution in [1.82, 2.24) is 4.98 Å². The van der Waals surface area contributed by atoms with E-state index in [-0.39, 0.29) is 0 Å². The summed E-state index contributed by atoms with van der Waals surface area (Å²) in [6.07, 6.45) is 8.48. The Labute approximate surface area is 119 Å². The van der Waals surface area contributed by atoms with Crippen molar-refractivity contribution in [3.05, 3.63) is 30.5 Å². The van der Waals surface area contributed by atoms with Gasteiger partial charge in [-0.1, -0.05) is 19.3 Å². The highest BCUT2D eigenvalue weighted by molar-refractivity contribution is 5.86. The standard InChI is InChI=1S/C17H21NO2/c1-19-14-7-8-16-15(11-14)17(9-10-18-16)20-12-13-5-3-2-4-6-13/h7-11,13H,2-6,12H2,1H3. The number of benzene rings is 1. The molecule has 1 aromatic heterocycles. The molecule has 0 amide bonds. The number of methoxy groups -OCH3 is 1. The molecule has 3 rings (SSSR count). The summed E-state index contributed by atoms with van der Waals surface area (Å²) in [5.41, 5.74) is 0.951. The van der Waals surface area contributed by atoms with E-state index in [0.29, 0.717) is 5.92 Å². The van der Waals surface area contributed by atoms with Crippen molar-refractivity contribution < 1.29 is 9.47 Å². The number of rotatable bonds is 4. The van der Waals surface area contributed by atoms with Crippen molar-refractivity contribution in [3.8, 4) is 11.5 Å². The molecular formula is C17H21NO2. The summed E-state index contributed by atoms with van der Waals surface area (Å²) in [7, 11) is 1.68. The van der Waals surface area contributed by atoms with Gasteiger partial charge in [0.05, 0.1) is 19.2 Å². The molecule has 3 nitrogen and oxygen atoms in total. The highest BCUT2D eigenvalue weighted by atomic mass is 16.5. The maximum atomic E-state index is 6.06. The van der Waals surface area contributed by atoms with Crippen LogP contribution in [0.3, 0.4) is 0 Å². The van der Waals surface area contributed by atoms with Crippen molar-refractivity contribution in [2.75, 3.05) is 13.7 Å². The number of nitrogens with zero attached hydrogens (tertiary/aromatic N) is 1. The summed E-state index contributed by atoms with van der Waals surface area (Å²) in [6, 6.07) is 7.85. The molecule has 106 valence electrons. The molecule has 1 aliphatic carbocycles. The first-order valence-corrected chi connectivity index (χ1v) is 7.42. The molecule has 0 unspecified atom stereocenters. The smallest absolute Gasteiger partial charge is 0.130 e. The summed E-state index contributed by atoms with van der Waals surface area (Å²) >= 11 is 0. The van der Waals surface area contributed by atoms with Crippen LogP contribution in [0.5, 0.6) is 11.5 Å². The largest absolute Gasteiger partial charge is 0.497 e. The molecule has 20 heavy (non-hydrogen) atoms. The highest BCUT2D eigenvalue weighted by Gasteiger charge is 2.14. The van der Waals surface area contributed by atoms with Gasteiger partial charge in [0.1, 0.15) is 11.5 Å². The molecule has 2 aromatic rings. The fraction of sp³-hybridized carbons (Fsp3) is 0.471. The Morgan fingerprint density at radius 2 is 2.00 bits per heavy atom. The molecule has 1 fully saturated rings. The van der Waals surface area contributed by atoms with Gasteiger partial charge in [-0.3, -0.25) is 4.98 Å². The summed E-state index contributed by atoms with van der Waals surface area (Å²) in [4.78, 5) is 4.38. The van der Waals surface area contributed by atoms with Crippen molar-refractivity contribution in [1.29, 1.82) is 0 Å². The van der Waals surface area contributed by atoms with E-state index in [4.69, 9.17) is 9.47 Å². The lowest BCUT2D eigenvalue weighted by Crippen LogP contribution is -2.15. The Morgan fingerprint density at radius 3 is 2.80 bits per heavy atom. The van der Waals surface area contributed by atoms with Gasteiger partial charge < -0.3 is 9.47 Å². The minimum absolute atomic E-state index is 0.706. The molecule has 1 saturated carbocycles. The van der Waals surface area contributed by atoms with Gasteiger partial charge in [0.25, 0.3) is 0 Å². The van der Waals surface area contributed by atoms with Crippen molar-refractivity contribution in [2.24, 2.45) is 5.92 Å². The zero-order valence-corrected chi connectivity index (χ0v) is 12.0. The van der Waals surface area contributed by atoms with E-state index in [2.05, 4.69) is 4.98 Å². The third kappa shape index (κ3) is 2.87. The second-order valence-corrected chi connectivity index (χ2v) is 5.51. The monoisotopic (exact) mass is 271 g/mol. The second kappa shape index (κ2) is 6.12. The number of ether oxygens (including phenoxy) is 2. The van der Waals surface area contributed by atoms with Crippen LogP contribution in [0, 0.1) is 5.92 Å². The molecule has 1 aromatic carbocycles. The van der Waals surface area contributed by atoms with Crippen LogP contribution in [-0.2, 0) is 0 Å². The van der Waals surface area contributed by atoms with Gasteiger partial charge >= 0.3 is 0 Å². The van der Waals surface area contributed by atoms with Gasteiger partial charge in [0.2, 0.25) is 0 Å². The molecule has 0 atom stereocenters. The second-order valence-electron chi connectivity index (χ2n) is 5.51. The lowest BCUT2D eigenvalue weighted by Gasteiger charge is -2.22. The Bertz CT molecular complexity index is 576. The maximum Gasteiger partial charge on any atom is 0.130 e. The number of fused-ring (bicyclic) bond motifs is 1. The van der Waals surface area contributed by atoms with Gasteiger partial charge in [-0.2, -0.15) is 0 Å². The van der Waals surface area contributed by atoms with Crippen LogP contribution in [0.15, 0.2) is 30.5 Å².